The summed E-state index contributed by atoms with van der Waals surface area (Å²) in [4.78, 5) is 26.0. The fourth-order valence-corrected chi connectivity index (χ4v) is 1.93. The Kier molecular flexibility index (Phi) is 4.37. The molecule has 0 aromatic carbocycles. The van der Waals surface area contributed by atoms with Crippen LogP contribution in [0.4, 0.5) is 4.79 Å². The topological polar surface area (TPSA) is 49.9 Å². The number of amides is 2. The molecule has 1 fully saturated rings. The van der Waals surface area contributed by atoms with Crippen molar-refractivity contribution in [2.24, 2.45) is 0 Å². The molecule has 0 saturated carbocycles. The number of nitrogens with zero attached hydrogens (tertiary/aromatic N) is 2. The molecule has 2 amide bonds. The standard InChI is InChI=1S/C12H22N2O3/c1-12(2,3)17-11(16)13(4)10-7-5-6-8-14(10)9-15/h9-10H,5-8H2,1-4H3. The van der Waals surface area contributed by atoms with Crippen LogP contribution in [-0.2, 0) is 9.53 Å². The van der Waals surface area contributed by atoms with Crippen LogP contribution in [0.2, 0.25) is 0 Å². The lowest BCUT2D eigenvalue weighted by Gasteiger charge is -2.39. The summed E-state index contributed by atoms with van der Waals surface area (Å²) in [6.07, 6.45) is 3.10. The van der Waals surface area contributed by atoms with Gasteiger partial charge in [-0.05, 0) is 40.0 Å². The molecule has 1 atom stereocenters. The molecule has 1 unspecified atom stereocenters. The summed E-state index contributed by atoms with van der Waals surface area (Å²) in [7, 11) is 1.68. The molecule has 1 aliphatic rings. The van der Waals surface area contributed by atoms with Gasteiger partial charge in [0.15, 0.2) is 0 Å². The number of rotatable bonds is 2. The number of ether oxygens (including phenoxy) is 1. The van der Waals surface area contributed by atoms with E-state index in [-0.39, 0.29) is 12.3 Å². The minimum absolute atomic E-state index is 0.170. The Morgan fingerprint density at radius 3 is 2.59 bits per heavy atom. The van der Waals surface area contributed by atoms with Crippen molar-refractivity contribution in [2.75, 3.05) is 13.6 Å². The van der Waals surface area contributed by atoms with Gasteiger partial charge in [0.25, 0.3) is 0 Å². The Labute approximate surface area is 103 Å². The van der Waals surface area contributed by atoms with E-state index in [1.165, 1.54) is 4.90 Å². The Morgan fingerprint density at radius 2 is 2.06 bits per heavy atom. The van der Waals surface area contributed by atoms with Gasteiger partial charge in [0.05, 0.1) is 0 Å². The normalized spacial score (nSPS) is 20.9. The van der Waals surface area contributed by atoms with Gasteiger partial charge < -0.3 is 9.64 Å². The Hall–Kier alpha value is -1.26. The predicted molar refractivity (Wildman–Crippen MR) is 64.4 cm³/mol. The molecule has 0 aromatic rings. The first-order valence-electron chi connectivity index (χ1n) is 6.02. The third kappa shape index (κ3) is 3.91. The minimum atomic E-state index is -0.508. The summed E-state index contributed by atoms with van der Waals surface area (Å²) in [5, 5.41) is 0. The van der Waals surface area contributed by atoms with Crippen LogP contribution in [0.1, 0.15) is 40.0 Å². The summed E-state index contributed by atoms with van der Waals surface area (Å²) in [5.74, 6) is 0. The highest BCUT2D eigenvalue weighted by atomic mass is 16.6. The van der Waals surface area contributed by atoms with Crippen LogP contribution in [0.5, 0.6) is 0 Å². The smallest absolute Gasteiger partial charge is 0.411 e. The Morgan fingerprint density at radius 1 is 1.41 bits per heavy atom. The first kappa shape index (κ1) is 13.8. The molecule has 0 N–H and O–H groups in total. The summed E-state index contributed by atoms with van der Waals surface area (Å²) in [6.45, 7) is 6.20. The average Bonchev–Trinajstić information content (AvgIpc) is 2.25. The number of likely N-dealkylation sites (tertiary alicyclic amines) is 1. The van der Waals surface area contributed by atoms with Gasteiger partial charge in [-0.15, -0.1) is 0 Å². The average molecular weight is 242 g/mol. The second-order valence-corrected chi connectivity index (χ2v) is 5.41. The predicted octanol–water partition coefficient (Wildman–Crippen LogP) is 1.82. The van der Waals surface area contributed by atoms with Gasteiger partial charge in [-0.2, -0.15) is 0 Å². The lowest BCUT2D eigenvalue weighted by atomic mass is 10.1. The van der Waals surface area contributed by atoms with E-state index < -0.39 is 5.60 Å². The largest absolute Gasteiger partial charge is 0.444 e. The van der Waals surface area contributed by atoms with E-state index in [0.29, 0.717) is 6.54 Å². The molecular weight excluding hydrogens is 220 g/mol. The van der Waals surface area contributed by atoms with E-state index in [0.717, 1.165) is 25.7 Å². The molecule has 1 saturated heterocycles. The van der Waals surface area contributed by atoms with E-state index in [1.807, 2.05) is 20.8 Å². The zero-order valence-corrected chi connectivity index (χ0v) is 11.1. The molecular formula is C12H22N2O3. The molecule has 5 nitrogen and oxygen atoms in total. The maximum atomic E-state index is 11.9. The van der Waals surface area contributed by atoms with Crippen LogP contribution in [-0.4, -0.2) is 47.7 Å². The first-order valence-corrected chi connectivity index (χ1v) is 6.02. The highest BCUT2D eigenvalue weighted by molar-refractivity contribution is 5.68. The van der Waals surface area contributed by atoms with Gasteiger partial charge in [-0.1, -0.05) is 0 Å². The van der Waals surface area contributed by atoms with Crippen LogP contribution in [0.25, 0.3) is 0 Å². The van der Waals surface area contributed by atoms with Crippen LogP contribution in [0.3, 0.4) is 0 Å². The van der Waals surface area contributed by atoms with Gasteiger partial charge in [-0.3, -0.25) is 9.69 Å². The van der Waals surface area contributed by atoms with E-state index in [9.17, 15) is 9.59 Å². The SMILES string of the molecule is CN(C(=O)OC(C)(C)C)C1CCCCN1C=O. The molecule has 1 rings (SSSR count). The van der Waals surface area contributed by atoms with Crippen molar-refractivity contribution in [3.05, 3.63) is 0 Å². The fraction of sp³-hybridized carbons (Fsp3) is 0.833. The molecule has 1 heterocycles. The third-order valence-corrected chi connectivity index (χ3v) is 2.78. The molecule has 0 radical (unpaired) electrons. The quantitative estimate of drug-likeness (QED) is 0.694. The van der Waals surface area contributed by atoms with Gasteiger partial charge in [-0.25, -0.2) is 4.79 Å². The van der Waals surface area contributed by atoms with Gasteiger partial charge in [0.2, 0.25) is 6.41 Å². The highest BCUT2D eigenvalue weighted by Gasteiger charge is 2.30. The van der Waals surface area contributed by atoms with E-state index in [1.54, 1.807) is 11.9 Å². The van der Waals surface area contributed by atoms with Crippen molar-refractivity contribution in [2.45, 2.75) is 51.8 Å². The molecule has 1 aliphatic heterocycles. The van der Waals surface area contributed by atoms with E-state index >= 15 is 0 Å². The monoisotopic (exact) mass is 242 g/mol. The number of hydrogen-bond acceptors (Lipinski definition) is 3. The summed E-state index contributed by atoms with van der Waals surface area (Å²) < 4.78 is 5.29. The van der Waals surface area contributed by atoms with Gasteiger partial charge >= 0.3 is 6.09 Å². The zero-order chi connectivity index (χ0) is 13.1. The van der Waals surface area contributed by atoms with Gasteiger partial charge in [0, 0.05) is 13.6 Å². The summed E-state index contributed by atoms with van der Waals surface area (Å²) in [5.41, 5.74) is -0.508. The molecule has 17 heavy (non-hydrogen) atoms. The Bertz CT molecular complexity index is 286. The van der Waals surface area contributed by atoms with Crippen LogP contribution >= 0.6 is 0 Å². The molecule has 0 aliphatic carbocycles. The molecule has 0 aromatic heterocycles. The van der Waals surface area contributed by atoms with Crippen LogP contribution in [0, 0.1) is 0 Å². The lowest BCUT2D eigenvalue weighted by molar-refractivity contribution is -0.125. The maximum absolute atomic E-state index is 11.9. The molecule has 0 bridgehead atoms. The van der Waals surface area contributed by atoms with E-state index in [4.69, 9.17) is 4.74 Å². The molecule has 98 valence electrons. The van der Waals surface area contributed by atoms with Crippen molar-refractivity contribution in [3.8, 4) is 0 Å². The van der Waals surface area contributed by atoms with Crippen molar-refractivity contribution in [1.29, 1.82) is 0 Å². The fourth-order valence-electron chi connectivity index (χ4n) is 1.93. The highest BCUT2D eigenvalue weighted by Crippen LogP contribution is 2.19. The van der Waals surface area contributed by atoms with Crippen molar-refractivity contribution < 1.29 is 14.3 Å². The van der Waals surface area contributed by atoms with Crippen molar-refractivity contribution >= 4 is 12.5 Å². The molecule has 5 heteroatoms. The number of hydrogen-bond donors (Lipinski definition) is 0. The minimum Gasteiger partial charge on any atom is -0.444 e. The second-order valence-electron chi connectivity index (χ2n) is 5.41. The van der Waals surface area contributed by atoms with Crippen LogP contribution < -0.4 is 0 Å². The van der Waals surface area contributed by atoms with Gasteiger partial charge in [0.1, 0.15) is 11.8 Å². The summed E-state index contributed by atoms with van der Waals surface area (Å²) in [6, 6.07) is 0. The zero-order valence-electron chi connectivity index (χ0n) is 11.1. The molecule has 0 spiro atoms. The number of carbonyl (C=O) groups excluding carboxylic acids is 2. The Balaban J connectivity index is 2.63. The number of piperidine rings is 1. The second kappa shape index (κ2) is 5.38. The number of carbonyl (C=O) groups is 2. The third-order valence-electron chi connectivity index (χ3n) is 2.78. The van der Waals surface area contributed by atoms with Crippen LogP contribution in [0.15, 0.2) is 0 Å². The van der Waals surface area contributed by atoms with E-state index in [2.05, 4.69) is 0 Å². The maximum Gasteiger partial charge on any atom is 0.411 e. The van der Waals surface area contributed by atoms with Crippen molar-refractivity contribution in [1.82, 2.24) is 9.80 Å². The summed E-state index contributed by atoms with van der Waals surface area (Å²) >= 11 is 0. The van der Waals surface area contributed by atoms with Crippen molar-refractivity contribution in [3.63, 3.8) is 0 Å². The lowest BCUT2D eigenvalue weighted by Crippen LogP contribution is -2.51. The first-order chi connectivity index (χ1) is 7.85.